The summed E-state index contributed by atoms with van der Waals surface area (Å²) < 4.78 is 4.91. The minimum Gasteiger partial charge on any atom is -0.383 e. The molecule has 2 atom stereocenters. The van der Waals surface area contributed by atoms with Crippen LogP contribution in [0, 0.1) is 5.92 Å². The van der Waals surface area contributed by atoms with Crippen LogP contribution in [0.15, 0.2) is 0 Å². The highest BCUT2D eigenvalue weighted by molar-refractivity contribution is 5.81. The Kier molecular flexibility index (Phi) is 6.49. The molecule has 3 N–H and O–H groups in total. The predicted molar refractivity (Wildman–Crippen MR) is 56.9 cm³/mol. The highest BCUT2D eigenvalue weighted by atomic mass is 16.5. The normalized spacial score (nSPS) is 15.3. The van der Waals surface area contributed by atoms with E-state index in [2.05, 4.69) is 5.32 Å². The largest absolute Gasteiger partial charge is 0.383 e. The van der Waals surface area contributed by atoms with Crippen molar-refractivity contribution in [2.24, 2.45) is 11.7 Å². The lowest BCUT2D eigenvalue weighted by atomic mass is 10.0. The van der Waals surface area contributed by atoms with Gasteiger partial charge in [-0.2, -0.15) is 0 Å². The van der Waals surface area contributed by atoms with Gasteiger partial charge >= 0.3 is 0 Å². The number of carbonyl (C=O) groups excluding carboxylic acids is 1. The van der Waals surface area contributed by atoms with Gasteiger partial charge in [-0.15, -0.1) is 0 Å². The fraction of sp³-hybridized carbons (Fsp3) is 0.900. The second-order valence-corrected chi connectivity index (χ2v) is 4.10. The van der Waals surface area contributed by atoms with E-state index in [-0.39, 0.29) is 11.9 Å². The van der Waals surface area contributed by atoms with E-state index in [1.54, 1.807) is 7.11 Å². The molecule has 0 heterocycles. The number of ether oxygens (including phenoxy) is 1. The molecule has 0 saturated carbocycles. The monoisotopic (exact) mass is 202 g/mol. The van der Waals surface area contributed by atoms with E-state index in [9.17, 15) is 4.79 Å². The topological polar surface area (TPSA) is 64.3 Å². The number of rotatable bonds is 6. The number of nitrogens with two attached hydrogens (primary N) is 1. The van der Waals surface area contributed by atoms with E-state index < -0.39 is 6.04 Å². The highest BCUT2D eigenvalue weighted by Crippen LogP contribution is 2.02. The van der Waals surface area contributed by atoms with Crippen LogP contribution in [0.1, 0.15) is 27.2 Å². The van der Waals surface area contributed by atoms with Gasteiger partial charge in [0.1, 0.15) is 0 Å². The maximum atomic E-state index is 11.5. The first-order valence-corrected chi connectivity index (χ1v) is 5.02. The Labute approximate surface area is 86.2 Å². The van der Waals surface area contributed by atoms with Gasteiger partial charge in [-0.1, -0.05) is 13.8 Å². The Morgan fingerprint density at radius 3 is 2.43 bits per heavy atom. The molecular weight excluding hydrogens is 180 g/mol. The van der Waals surface area contributed by atoms with Gasteiger partial charge in [-0.05, 0) is 19.3 Å². The second kappa shape index (κ2) is 6.79. The average Bonchev–Trinajstić information content (AvgIpc) is 2.02. The Morgan fingerprint density at radius 2 is 2.00 bits per heavy atom. The third kappa shape index (κ3) is 5.94. The molecule has 84 valence electrons. The molecule has 0 aromatic rings. The molecule has 0 aromatic carbocycles. The lowest BCUT2D eigenvalue weighted by Crippen LogP contribution is -2.46. The second-order valence-electron chi connectivity index (χ2n) is 4.10. The maximum Gasteiger partial charge on any atom is 0.237 e. The molecule has 0 aromatic heterocycles. The Bertz CT molecular complexity index is 172. The van der Waals surface area contributed by atoms with Gasteiger partial charge in [0.05, 0.1) is 12.6 Å². The zero-order valence-electron chi connectivity index (χ0n) is 9.54. The molecule has 0 radical (unpaired) electrons. The molecule has 0 spiro atoms. The van der Waals surface area contributed by atoms with E-state index in [4.69, 9.17) is 10.5 Å². The molecule has 0 rings (SSSR count). The number of nitrogens with one attached hydrogen (secondary N) is 1. The van der Waals surface area contributed by atoms with Gasteiger partial charge in [0, 0.05) is 13.2 Å². The molecule has 0 fully saturated rings. The summed E-state index contributed by atoms with van der Waals surface area (Å²) in [6, 6.07) is -0.389. The molecule has 0 aliphatic heterocycles. The molecule has 2 unspecified atom stereocenters. The van der Waals surface area contributed by atoms with Gasteiger partial charge in [-0.3, -0.25) is 4.79 Å². The number of amides is 1. The molecule has 14 heavy (non-hydrogen) atoms. The maximum absolute atomic E-state index is 11.5. The van der Waals surface area contributed by atoms with E-state index in [1.165, 1.54) is 0 Å². The summed E-state index contributed by atoms with van der Waals surface area (Å²) in [5.74, 6) is 0.344. The van der Waals surface area contributed by atoms with Gasteiger partial charge in [0.2, 0.25) is 5.91 Å². The highest BCUT2D eigenvalue weighted by Gasteiger charge is 2.16. The SMILES string of the molecule is COCC(C)NC(=O)C(N)CC(C)C. The first-order valence-electron chi connectivity index (χ1n) is 5.02. The third-order valence-corrected chi connectivity index (χ3v) is 1.87. The van der Waals surface area contributed by atoms with Crippen LogP contribution in [0.5, 0.6) is 0 Å². The van der Waals surface area contributed by atoms with Crippen molar-refractivity contribution in [3.8, 4) is 0 Å². The van der Waals surface area contributed by atoms with E-state index in [1.807, 2.05) is 20.8 Å². The summed E-state index contributed by atoms with van der Waals surface area (Å²) in [6.07, 6.45) is 0.714. The Balaban J connectivity index is 3.82. The summed E-state index contributed by atoms with van der Waals surface area (Å²) in [4.78, 5) is 11.5. The summed E-state index contributed by atoms with van der Waals surface area (Å²) in [5, 5.41) is 2.80. The zero-order valence-corrected chi connectivity index (χ0v) is 9.54. The number of hydrogen-bond donors (Lipinski definition) is 2. The molecule has 4 nitrogen and oxygen atoms in total. The molecule has 0 bridgehead atoms. The fourth-order valence-corrected chi connectivity index (χ4v) is 1.26. The van der Waals surface area contributed by atoms with E-state index in [0.29, 0.717) is 18.9 Å². The van der Waals surface area contributed by atoms with Crippen molar-refractivity contribution in [2.45, 2.75) is 39.3 Å². The summed E-state index contributed by atoms with van der Waals surface area (Å²) >= 11 is 0. The van der Waals surface area contributed by atoms with Crippen molar-refractivity contribution < 1.29 is 9.53 Å². The third-order valence-electron chi connectivity index (χ3n) is 1.87. The van der Waals surface area contributed by atoms with Crippen molar-refractivity contribution in [3.63, 3.8) is 0 Å². The van der Waals surface area contributed by atoms with E-state index >= 15 is 0 Å². The van der Waals surface area contributed by atoms with Crippen LogP contribution in [0.3, 0.4) is 0 Å². The zero-order chi connectivity index (χ0) is 11.1. The van der Waals surface area contributed by atoms with Crippen LogP contribution in [-0.4, -0.2) is 31.7 Å². The number of carbonyl (C=O) groups is 1. The fourth-order valence-electron chi connectivity index (χ4n) is 1.26. The van der Waals surface area contributed by atoms with Crippen LogP contribution in [0.4, 0.5) is 0 Å². The summed E-state index contributed by atoms with van der Waals surface area (Å²) in [7, 11) is 1.61. The van der Waals surface area contributed by atoms with Gasteiger partial charge < -0.3 is 15.8 Å². The molecular formula is C10H22N2O2. The molecule has 4 heteroatoms. The van der Waals surface area contributed by atoms with Crippen LogP contribution in [0.25, 0.3) is 0 Å². The minimum absolute atomic E-state index is 0.0192. The van der Waals surface area contributed by atoms with Crippen molar-refractivity contribution in [2.75, 3.05) is 13.7 Å². The number of methoxy groups -OCH3 is 1. The van der Waals surface area contributed by atoms with Crippen LogP contribution < -0.4 is 11.1 Å². The summed E-state index contributed by atoms with van der Waals surface area (Å²) in [6.45, 7) is 6.50. The Hall–Kier alpha value is -0.610. The van der Waals surface area contributed by atoms with Crippen molar-refractivity contribution in [1.29, 1.82) is 0 Å². The van der Waals surface area contributed by atoms with Crippen molar-refractivity contribution >= 4 is 5.91 Å². The van der Waals surface area contributed by atoms with Gasteiger partial charge in [0.15, 0.2) is 0 Å². The van der Waals surface area contributed by atoms with Crippen molar-refractivity contribution in [3.05, 3.63) is 0 Å². The van der Waals surface area contributed by atoms with E-state index in [0.717, 1.165) is 0 Å². The smallest absolute Gasteiger partial charge is 0.237 e. The summed E-state index contributed by atoms with van der Waals surface area (Å²) in [5.41, 5.74) is 5.71. The first kappa shape index (κ1) is 13.4. The quantitative estimate of drug-likeness (QED) is 0.659. The molecule has 0 saturated heterocycles. The standard InChI is InChI=1S/C10H22N2O2/c1-7(2)5-9(11)10(13)12-8(3)6-14-4/h7-9H,5-6,11H2,1-4H3,(H,12,13). The van der Waals surface area contributed by atoms with Crippen LogP contribution in [-0.2, 0) is 9.53 Å². The minimum atomic E-state index is -0.408. The average molecular weight is 202 g/mol. The van der Waals surface area contributed by atoms with Crippen molar-refractivity contribution in [1.82, 2.24) is 5.32 Å². The Morgan fingerprint density at radius 1 is 1.43 bits per heavy atom. The predicted octanol–water partition coefficient (Wildman–Crippen LogP) is 0.511. The van der Waals surface area contributed by atoms with Gasteiger partial charge in [0.25, 0.3) is 0 Å². The first-order chi connectivity index (χ1) is 6.47. The molecule has 0 aliphatic rings. The lowest BCUT2D eigenvalue weighted by Gasteiger charge is -2.17. The number of hydrogen-bond acceptors (Lipinski definition) is 3. The molecule has 1 amide bonds. The van der Waals surface area contributed by atoms with Crippen LogP contribution >= 0.6 is 0 Å². The molecule has 0 aliphatic carbocycles. The lowest BCUT2D eigenvalue weighted by molar-refractivity contribution is -0.123. The van der Waals surface area contributed by atoms with Gasteiger partial charge in [-0.25, -0.2) is 0 Å². The van der Waals surface area contributed by atoms with Crippen LogP contribution in [0.2, 0.25) is 0 Å².